The Hall–Kier alpha value is -3.34. The van der Waals surface area contributed by atoms with E-state index in [1.807, 2.05) is 35.3 Å². The molecule has 0 atom stereocenters. The van der Waals surface area contributed by atoms with Crippen LogP contribution in [0.2, 0.25) is 0 Å². The molecule has 2 aromatic carbocycles. The van der Waals surface area contributed by atoms with E-state index in [2.05, 4.69) is 46.6 Å². The molecule has 2 aromatic heterocycles. The van der Waals surface area contributed by atoms with Gasteiger partial charge in [0.15, 0.2) is 0 Å². The number of benzene rings is 2. The summed E-state index contributed by atoms with van der Waals surface area (Å²) in [5.74, 6) is 0.908. The summed E-state index contributed by atoms with van der Waals surface area (Å²) in [7, 11) is 0. The van der Waals surface area contributed by atoms with Crippen molar-refractivity contribution in [1.29, 1.82) is 0 Å². The van der Waals surface area contributed by atoms with E-state index in [1.54, 1.807) is 0 Å². The van der Waals surface area contributed by atoms with Gasteiger partial charge in [-0.2, -0.15) is 10.2 Å². The van der Waals surface area contributed by atoms with Crippen molar-refractivity contribution < 1.29 is 4.74 Å². The van der Waals surface area contributed by atoms with Gasteiger partial charge in [-0.1, -0.05) is 42.5 Å². The van der Waals surface area contributed by atoms with E-state index in [-0.39, 0.29) is 0 Å². The molecule has 5 nitrogen and oxygen atoms in total. The summed E-state index contributed by atoms with van der Waals surface area (Å²) >= 11 is 0. The zero-order chi connectivity index (χ0) is 16.6. The van der Waals surface area contributed by atoms with Crippen molar-refractivity contribution in [2.75, 3.05) is 0 Å². The average Bonchev–Trinajstić information content (AvgIpc) is 3.29. The Kier molecular flexibility index (Phi) is 3.16. The topological polar surface area (TPSA) is 55.7 Å². The van der Waals surface area contributed by atoms with Crippen LogP contribution in [0, 0.1) is 0 Å². The molecule has 3 heterocycles. The number of aromatic nitrogens is 4. The molecule has 122 valence electrons. The smallest absolute Gasteiger partial charge is 0.130 e. The van der Waals surface area contributed by atoms with E-state index < -0.39 is 0 Å². The predicted octanol–water partition coefficient (Wildman–Crippen LogP) is 3.88. The van der Waals surface area contributed by atoms with Crippen LogP contribution in [0.5, 0.6) is 5.75 Å². The highest BCUT2D eigenvalue weighted by Crippen LogP contribution is 2.31. The molecule has 0 bridgehead atoms. The van der Waals surface area contributed by atoms with Gasteiger partial charge in [0.05, 0.1) is 24.1 Å². The molecule has 0 spiro atoms. The molecule has 0 fully saturated rings. The maximum Gasteiger partial charge on any atom is 0.130 e. The summed E-state index contributed by atoms with van der Waals surface area (Å²) in [5.41, 5.74) is 6.47. The standard InChI is InChI=1S/C20H16N4O/c1-2-4-14(5-3-1)19-9-18-13-25-20-8-15(17-10-21-22-11-17)6-7-16(20)12-24(18)23-19/h1-11H,12-13H2,(H,21,22). The monoisotopic (exact) mass is 328 g/mol. The third kappa shape index (κ3) is 2.50. The van der Waals surface area contributed by atoms with Gasteiger partial charge in [-0.3, -0.25) is 9.78 Å². The Morgan fingerprint density at radius 3 is 2.72 bits per heavy atom. The number of ether oxygens (including phenoxy) is 1. The van der Waals surface area contributed by atoms with Gasteiger partial charge < -0.3 is 4.74 Å². The quantitative estimate of drug-likeness (QED) is 0.607. The first-order chi connectivity index (χ1) is 12.4. The van der Waals surface area contributed by atoms with Crippen LogP contribution < -0.4 is 4.74 Å². The largest absolute Gasteiger partial charge is 0.487 e. The third-order valence-electron chi connectivity index (χ3n) is 4.53. The molecule has 1 aliphatic rings. The highest BCUT2D eigenvalue weighted by Gasteiger charge is 2.17. The minimum absolute atomic E-state index is 0.516. The Labute approximate surface area is 144 Å². The van der Waals surface area contributed by atoms with Crippen molar-refractivity contribution in [2.24, 2.45) is 0 Å². The van der Waals surface area contributed by atoms with Crippen LogP contribution >= 0.6 is 0 Å². The van der Waals surface area contributed by atoms with E-state index in [0.717, 1.165) is 39.4 Å². The van der Waals surface area contributed by atoms with E-state index in [4.69, 9.17) is 9.84 Å². The zero-order valence-electron chi connectivity index (χ0n) is 13.5. The van der Waals surface area contributed by atoms with Crippen molar-refractivity contribution >= 4 is 0 Å². The van der Waals surface area contributed by atoms with E-state index >= 15 is 0 Å². The fourth-order valence-corrected chi connectivity index (χ4v) is 3.18. The molecular weight excluding hydrogens is 312 g/mol. The molecule has 0 unspecified atom stereocenters. The Balaban J connectivity index is 1.50. The Morgan fingerprint density at radius 1 is 0.960 bits per heavy atom. The van der Waals surface area contributed by atoms with Gasteiger partial charge in [0.1, 0.15) is 12.4 Å². The van der Waals surface area contributed by atoms with Crippen LogP contribution in [0.4, 0.5) is 0 Å². The number of hydrogen-bond donors (Lipinski definition) is 1. The molecule has 0 aliphatic carbocycles. The molecular formula is C20H16N4O. The lowest BCUT2D eigenvalue weighted by atomic mass is 10.1. The number of nitrogens with zero attached hydrogens (tertiary/aromatic N) is 3. The molecule has 1 aliphatic heterocycles. The van der Waals surface area contributed by atoms with Crippen LogP contribution in [0.15, 0.2) is 67.0 Å². The van der Waals surface area contributed by atoms with Gasteiger partial charge in [0, 0.05) is 22.9 Å². The maximum atomic E-state index is 6.07. The minimum atomic E-state index is 0.516. The molecule has 0 saturated heterocycles. The molecule has 5 heteroatoms. The lowest BCUT2D eigenvalue weighted by Gasteiger charge is -2.08. The van der Waals surface area contributed by atoms with Crippen LogP contribution in [0.25, 0.3) is 22.4 Å². The lowest BCUT2D eigenvalue weighted by molar-refractivity contribution is 0.302. The van der Waals surface area contributed by atoms with Gasteiger partial charge in [-0.15, -0.1) is 0 Å². The molecule has 0 radical (unpaired) electrons. The number of H-pyrrole nitrogens is 1. The maximum absolute atomic E-state index is 6.07. The second kappa shape index (κ2) is 5.63. The van der Waals surface area contributed by atoms with Crippen LogP contribution in [0.3, 0.4) is 0 Å². The third-order valence-corrected chi connectivity index (χ3v) is 4.53. The van der Waals surface area contributed by atoms with Gasteiger partial charge in [-0.05, 0) is 17.7 Å². The molecule has 0 amide bonds. The van der Waals surface area contributed by atoms with E-state index in [1.165, 1.54) is 0 Å². The summed E-state index contributed by atoms with van der Waals surface area (Å²) < 4.78 is 8.10. The predicted molar refractivity (Wildman–Crippen MR) is 95.1 cm³/mol. The highest BCUT2D eigenvalue weighted by molar-refractivity contribution is 5.65. The first kappa shape index (κ1) is 14.0. The molecule has 1 N–H and O–H groups in total. The molecule has 5 rings (SSSR count). The Morgan fingerprint density at radius 2 is 1.88 bits per heavy atom. The zero-order valence-corrected chi connectivity index (χ0v) is 13.5. The van der Waals surface area contributed by atoms with Crippen LogP contribution in [-0.2, 0) is 13.2 Å². The van der Waals surface area contributed by atoms with Gasteiger partial charge in [0.25, 0.3) is 0 Å². The molecule has 25 heavy (non-hydrogen) atoms. The summed E-state index contributed by atoms with van der Waals surface area (Å²) in [6.45, 7) is 1.23. The van der Waals surface area contributed by atoms with Crippen molar-refractivity contribution in [2.45, 2.75) is 13.2 Å². The summed E-state index contributed by atoms with van der Waals surface area (Å²) in [6.07, 6.45) is 3.70. The second-order valence-electron chi connectivity index (χ2n) is 6.14. The van der Waals surface area contributed by atoms with Crippen LogP contribution in [-0.4, -0.2) is 20.0 Å². The SMILES string of the molecule is c1ccc(-c2cc3n(n2)Cc2ccc(-c4cn[nH]c4)cc2OC3)cc1. The number of hydrogen-bond acceptors (Lipinski definition) is 3. The second-order valence-corrected chi connectivity index (χ2v) is 6.14. The fraction of sp³-hybridized carbons (Fsp3) is 0.100. The first-order valence-electron chi connectivity index (χ1n) is 8.24. The van der Waals surface area contributed by atoms with E-state index in [9.17, 15) is 0 Å². The number of aromatic amines is 1. The van der Waals surface area contributed by atoms with E-state index in [0.29, 0.717) is 13.2 Å². The van der Waals surface area contributed by atoms with Crippen molar-refractivity contribution in [3.05, 3.63) is 78.2 Å². The molecule has 0 saturated carbocycles. The summed E-state index contributed by atoms with van der Waals surface area (Å²) in [6, 6.07) is 18.6. The van der Waals surface area contributed by atoms with Crippen LogP contribution in [0.1, 0.15) is 11.3 Å². The van der Waals surface area contributed by atoms with Crippen molar-refractivity contribution in [1.82, 2.24) is 20.0 Å². The Bertz CT molecular complexity index is 1020. The van der Waals surface area contributed by atoms with Crippen molar-refractivity contribution in [3.63, 3.8) is 0 Å². The molecule has 4 aromatic rings. The summed E-state index contributed by atoms with van der Waals surface area (Å²) in [5, 5.41) is 11.6. The normalized spacial score (nSPS) is 12.8. The van der Waals surface area contributed by atoms with Gasteiger partial charge >= 0.3 is 0 Å². The highest BCUT2D eigenvalue weighted by atomic mass is 16.5. The average molecular weight is 328 g/mol. The fourth-order valence-electron chi connectivity index (χ4n) is 3.18. The van der Waals surface area contributed by atoms with Crippen molar-refractivity contribution in [3.8, 4) is 28.1 Å². The van der Waals surface area contributed by atoms with Gasteiger partial charge in [-0.25, -0.2) is 0 Å². The first-order valence-corrected chi connectivity index (χ1v) is 8.24. The van der Waals surface area contributed by atoms with Gasteiger partial charge in [0.2, 0.25) is 0 Å². The number of rotatable bonds is 2. The lowest BCUT2D eigenvalue weighted by Crippen LogP contribution is -2.03. The number of fused-ring (bicyclic) bond motifs is 2. The number of nitrogens with one attached hydrogen (secondary N) is 1. The summed E-state index contributed by atoms with van der Waals surface area (Å²) in [4.78, 5) is 0. The minimum Gasteiger partial charge on any atom is -0.487 e.